The molecule has 6 heteroatoms. The molecular formula is C9H15NO2PS2+. The number of hydrogen-bond donors (Lipinski definition) is 2. The third kappa shape index (κ3) is 6.25. The van der Waals surface area contributed by atoms with Crippen LogP contribution in [0.3, 0.4) is 0 Å². The standard InChI is InChI=1S/C9H15NO2PS2/c11-5-2-6-13(12)7-8-14-15-9-3-1-4-10-9/h1,3-4,10-11H,2,5-8H2/q+1. The van der Waals surface area contributed by atoms with Gasteiger partial charge in [0.05, 0.1) is 5.03 Å². The van der Waals surface area contributed by atoms with Crippen molar-refractivity contribution in [3.63, 3.8) is 0 Å². The third-order valence-corrected chi connectivity index (χ3v) is 5.86. The monoisotopic (exact) mass is 264 g/mol. The van der Waals surface area contributed by atoms with Gasteiger partial charge in [0.1, 0.15) is 6.16 Å². The predicted octanol–water partition coefficient (Wildman–Crippen LogP) is 2.96. The lowest BCUT2D eigenvalue weighted by molar-refractivity contribution is 0.295. The summed E-state index contributed by atoms with van der Waals surface area (Å²) in [5.41, 5.74) is 0. The molecule has 0 aliphatic rings. The summed E-state index contributed by atoms with van der Waals surface area (Å²) in [5, 5.41) is 9.70. The van der Waals surface area contributed by atoms with E-state index >= 15 is 0 Å². The zero-order valence-electron chi connectivity index (χ0n) is 8.39. The number of aromatic amines is 1. The summed E-state index contributed by atoms with van der Waals surface area (Å²) in [6.45, 7) is 0.144. The highest BCUT2D eigenvalue weighted by molar-refractivity contribution is 8.76. The lowest BCUT2D eigenvalue weighted by Gasteiger charge is -1.93. The highest BCUT2D eigenvalue weighted by atomic mass is 33.1. The minimum Gasteiger partial charge on any atom is -0.396 e. The number of H-pyrrole nitrogens is 1. The number of hydrogen-bond acceptors (Lipinski definition) is 4. The molecule has 0 aromatic carbocycles. The van der Waals surface area contributed by atoms with Gasteiger partial charge in [-0.3, -0.25) is 0 Å². The van der Waals surface area contributed by atoms with E-state index in [0.29, 0.717) is 12.6 Å². The summed E-state index contributed by atoms with van der Waals surface area (Å²) in [7, 11) is 2.28. The lowest BCUT2D eigenvalue weighted by Crippen LogP contribution is -1.89. The lowest BCUT2D eigenvalue weighted by atomic mass is 10.5. The maximum Gasteiger partial charge on any atom is 0.339 e. The topological polar surface area (TPSA) is 53.1 Å². The normalized spacial score (nSPS) is 11.7. The van der Waals surface area contributed by atoms with Crippen molar-refractivity contribution in [2.45, 2.75) is 11.4 Å². The van der Waals surface area contributed by atoms with Gasteiger partial charge in [0.25, 0.3) is 0 Å². The van der Waals surface area contributed by atoms with Crippen LogP contribution >= 0.6 is 29.4 Å². The molecule has 0 amide bonds. The highest BCUT2D eigenvalue weighted by Gasteiger charge is 2.13. The Labute approximate surface area is 98.6 Å². The van der Waals surface area contributed by atoms with Gasteiger partial charge in [-0.05, 0) is 22.9 Å². The molecule has 0 spiro atoms. The molecule has 1 aromatic rings. The molecule has 2 N–H and O–H groups in total. The van der Waals surface area contributed by atoms with Crippen LogP contribution in [0.5, 0.6) is 0 Å². The fourth-order valence-corrected chi connectivity index (χ4v) is 4.87. The second kappa shape index (κ2) is 8.22. The molecule has 0 saturated carbocycles. The van der Waals surface area contributed by atoms with E-state index in [2.05, 4.69) is 4.98 Å². The second-order valence-corrected chi connectivity index (χ2v) is 7.26. The van der Waals surface area contributed by atoms with Crippen LogP contribution < -0.4 is 0 Å². The molecule has 3 nitrogen and oxygen atoms in total. The van der Waals surface area contributed by atoms with Crippen LogP contribution in [0.25, 0.3) is 0 Å². The fourth-order valence-electron chi connectivity index (χ4n) is 0.969. The Bertz CT molecular complexity index is 280. The van der Waals surface area contributed by atoms with Crippen molar-refractivity contribution in [3.05, 3.63) is 18.3 Å². The third-order valence-electron chi connectivity index (χ3n) is 1.71. The van der Waals surface area contributed by atoms with Gasteiger partial charge in [-0.15, -0.1) is 0 Å². The molecule has 0 aliphatic heterocycles. The maximum absolute atomic E-state index is 11.4. The Morgan fingerprint density at radius 1 is 1.47 bits per heavy atom. The molecule has 1 aromatic heterocycles. The van der Waals surface area contributed by atoms with Crippen molar-refractivity contribution in [2.24, 2.45) is 0 Å². The fraction of sp³-hybridized carbons (Fsp3) is 0.556. The van der Waals surface area contributed by atoms with E-state index in [-0.39, 0.29) is 6.61 Å². The van der Waals surface area contributed by atoms with E-state index in [1.54, 1.807) is 21.6 Å². The van der Waals surface area contributed by atoms with Crippen molar-refractivity contribution >= 4 is 29.4 Å². The molecule has 0 fully saturated rings. The first-order chi connectivity index (χ1) is 7.33. The Morgan fingerprint density at radius 3 is 3.00 bits per heavy atom. The van der Waals surface area contributed by atoms with Gasteiger partial charge in [0, 0.05) is 25.0 Å². The van der Waals surface area contributed by atoms with Crippen LogP contribution in [0.2, 0.25) is 0 Å². The smallest absolute Gasteiger partial charge is 0.339 e. The molecule has 1 atom stereocenters. The molecule has 84 valence electrons. The van der Waals surface area contributed by atoms with Gasteiger partial charge in [-0.2, -0.15) is 0 Å². The van der Waals surface area contributed by atoms with Gasteiger partial charge >= 0.3 is 7.80 Å². The van der Waals surface area contributed by atoms with E-state index < -0.39 is 7.80 Å². The summed E-state index contributed by atoms with van der Waals surface area (Å²) in [6, 6.07) is 3.98. The van der Waals surface area contributed by atoms with Crippen molar-refractivity contribution in [2.75, 3.05) is 24.7 Å². The molecule has 1 rings (SSSR count). The number of aliphatic hydroxyl groups excluding tert-OH is 1. The van der Waals surface area contributed by atoms with Crippen LogP contribution in [0.15, 0.2) is 23.4 Å². The quantitative estimate of drug-likeness (QED) is 0.430. The molecule has 15 heavy (non-hydrogen) atoms. The van der Waals surface area contributed by atoms with E-state index in [1.165, 1.54) is 0 Å². The van der Waals surface area contributed by atoms with E-state index in [0.717, 1.165) is 16.9 Å². The summed E-state index contributed by atoms with van der Waals surface area (Å²) < 4.78 is 11.4. The predicted molar refractivity (Wildman–Crippen MR) is 68.2 cm³/mol. The highest BCUT2D eigenvalue weighted by Crippen LogP contribution is 2.32. The first kappa shape index (κ1) is 13.1. The van der Waals surface area contributed by atoms with Gasteiger partial charge in [0.15, 0.2) is 6.16 Å². The average Bonchev–Trinajstić information content (AvgIpc) is 2.74. The zero-order chi connectivity index (χ0) is 10.9. The van der Waals surface area contributed by atoms with Crippen LogP contribution in [0.1, 0.15) is 6.42 Å². The van der Waals surface area contributed by atoms with E-state index in [4.69, 9.17) is 5.11 Å². The number of aliphatic hydroxyl groups is 1. The second-order valence-electron chi connectivity index (χ2n) is 2.95. The van der Waals surface area contributed by atoms with Crippen molar-refractivity contribution < 1.29 is 9.67 Å². The molecule has 0 radical (unpaired) electrons. The van der Waals surface area contributed by atoms with E-state index in [9.17, 15) is 4.57 Å². The minimum atomic E-state index is -1.11. The first-order valence-electron chi connectivity index (χ1n) is 4.78. The average molecular weight is 264 g/mol. The van der Waals surface area contributed by atoms with Crippen molar-refractivity contribution in [1.82, 2.24) is 4.98 Å². The van der Waals surface area contributed by atoms with Gasteiger partial charge in [0.2, 0.25) is 0 Å². The summed E-state index contributed by atoms with van der Waals surface area (Å²) in [6.07, 6.45) is 3.95. The Kier molecular flexibility index (Phi) is 7.18. The van der Waals surface area contributed by atoms with Gasteiger partial charge < -0.3 is 10.1 Å². The van der Waals surface area contributed by atoms with Gasteiger partial charge in [-0.1, -0.05) is 15.4 Å². The van der Waals surface area contributed by atoms with Crippen molar-refractivity contribution in [3.8, 4) is 0 Å². The largest absolute Gasteiger partial charge is 0.396 e. The molecule has 0 saturated heterocycles. The maximum atomic E-state index is 11.4. The SMILES string of the molecule is O=[P+](CCCO)CCSSc1ccc[nH]1. The minimum absolute atomic E-state index is 0.144. The molecular weight excluding hydrogens is 249 g/mol. The Balaban J connectivity index is 1.99. The summed E-state index contributed by atoms with van der Waals surface area (Å²) in [4.78, 5) is 3.10. The summed E-state index contributed by atoms with van der Waals surface area (Å²) in [5.74, 6) is 0.893. The Hall–Kier alpha value is 0.0400. The molecule has 0 aliphatic carbocycles. The number of aromatic nitrogens is 1. The Morgan fingerprint density at radius 2 is 2.33 bits per heavy atom. The van der Waals surface area contributed by atoms with Crippen LogP contribution in [-0.4, -0.2) is 34.8 Å². The van der Waals surface area contributed by atoms with E-state index in [1.807, 2.05) is 18.3 Å². The van der Waals surface area contributed by atoms with Gasteiger partial charge in [-0.25, -0.2) is 0 Å². The number of rotatable bonds is 8. The van der Waals surface area contributed by atoms with Crippen LogP contribution in [0, 0.1) is 0 Å². The first-order valence-corrected chi connectivity index (χ1v) is 8.73. The van der Waals surface area contributed by atoms with Crippen molar-refractivity contribution in [1.29, 1.82) is 0 Å². The van der Waals surface area contributed by atoms with Crippen LogP contribution in [-0.2, 0) is 4.57 Å². The molecule has 1 unspecified atom stereocenters. The summed E-state index contributed by atoms with van der Waals surface area (Å²) >= 11 is 0. The zero-order valence-corrected chi connectivity index (χ0v) is 10.9. The molecule has 1 heterocycles. The van der Waals surface area contributed by atoms with Crippen LogP contribution in [0.4, 0.5) is 0 Å². The molecule has 0 bridgehead atoms. The number of nitrogens with one attached hydrogen (secondary N) is 1.